The Hall–Kier alpha value is -1.64. The van der Waals surface area contributed by atoms with Crippen LogP contribution in [0.5, 0.6) is 5.88 Å². The number of carbonyl (C=O) groups excluding carboxylic acids is 1. The van der Waals surface area contributed by atoms with Crippen molar-refractivity contribution in [2.24, 2.45) is 0 Å². The molecule has 118 valence electrons. The number of carbonyl (C=O) groups is 1. The topological polar surface area (TPSA) is 48.4 Å². The van der Waals surface area contributed by atoms with Crippen LogP contribution >= 0.6 is 11.6 Å². The molecule has 4 nitrogen and oxygen atoms in total. The van der Waals surface area contributed by atoms with Crippen molar-refractivity contribution in [2.75, 3.05) is 7.11 Å². The molecule has 0 N–H and O–H groups in total. The molecule has 0 aromatic carbocycles. The van der Waals surface area contributed by atoms with Gasteiger partial charge in [-0.1, -0.05) is 0 Å². The predicted octanol–water partition coefficient (Wildman–Crippen LogP) is 3.37. The summed E-state index contributed by atoms with van der Waals surface area (Å²) in [5.41, 5.74) is -1.36. The van der Waals surface area contributed by atoms with E-state index in [0.29, 0.717) is 0 Å². The van der Waals surface area contributed by atoms with E-state index in [2.05, 4.69) is 14.5 Å². The molecule has 0 unspecified atom stereocenters. The molecule has 0 saturated carbocycles. The van der Waals surface area contributed by atoms with E-state index in [-0.39, 0.29) is 11.1 Å². The highest BCUT2D eigenvalue weighted by atomic mass is 35.5. The van der Waals surface area contributed by atoms with E-state index in [9.17, 15) is 26.7 Å². The zero-order valence-electron chi connectivity index (χ0n) is 10.5. The van der Waals surface area contributed by atoms with Crippen molar-refractivity contribution in [1.29, 1.82) is 0 Å². The Balaban J connectivity index is 3.33. The molecule has 0 fully saturated rings. The Labute approximate surface area is 120 Å². The predicted molar refractivity (Wildman–Crippen MR) is 61.2 cm³/mol. The first-order valence-corrected chi connectivity index (χ1v) is 5.90. The molecule has 10 heteroatoms. The summed E-state index contributed by atoms with van der Waals surface area (Å²) in [6.07, 6.45) is -8.81. The van der Waals surface area contributed by atoms with Gasteiger partial charge in [0.05, 0.1) is 13.5 Å². The van der Waals surface area contributed by atoms with Crippen molar-refractivity contribution in [3.63, 3.8) is 0 Å². The van der Waals surface area contributed by atoms with Crippen LogP contribution in [0.25, 0.3) is 0 Å². The molecule has 0 atom stereocenters. The summed E-state index contributed by atoms with van der Waals surface area (Å²) >= 11 is 5.50. The lowest BCUT2D eigenvalue weighted by Gasteiger charge is -2.15. The monoisotopic (exact) mass is 333 g/mol. The number of alkyl halides is 6. The van der Waals surface area contributed by atoms with E-state index >= 15 is 0 Å². The van der Waals surface area contributed by atoms with E-state index < -0.39 is 42.6 Å². The molecule has 0 aliphatic carbocycles. The van der Waals surface area contributed by atoms with E-state index in [1.807, 2.05) is 0 Å². The minimum Gasteiger partial charge on any atom is -0.469 e. The van der Waals surface area contributed by atoms with Crippen LogP contribution in [0, 0.1) is 0 Å². The van der Waals surface area contributed by atoms with Crippen LogP contribution in [0.15, 0.2) is 6.07 Å². The standard InChI is InChI=1S/C11H9ClF5NO3/c1-20-8(19)3-5-2-7(21-11(15,16)17)18-9(10(13)14)6(5)4-12/h2,10H,3-4H2,1H3. The van der Waals surface area contributed by atoms with Crippen LogP contribution in [0.3, 0.4) is 0 Å². The fourth-order valence-electron chi connectivity index (χ4n) is 1.51. The Morgan fingerprint density at radius 1 is 1.43 bits per heavy atom. The van der Waals surface area contributed by atoms with Crippen LogP contribution < -0.4 is 4.74 Å². The van der Waals surface area contributed by atoms with Crippen LogP contribution in [-0.2, 0) is 21.8 Å². The molecule has 21 heavy (non-hydrogen) atoms. The molecule has 0 spiro atoms. The van der Waals surface area contributed by atoms with Crippen molar-refractivity contribution in [3.05, 3.63) is 22.9 Å². The molecule has 0 aliphatic heterocycles. The third-order valence-corrected chi connectivity index (χ3v) is 2.62. The number of aromatic nitrogens is 1. The number of ether oxygens (including phenoxy) is 2. The summed E-state index contributed by atoms with van der Waals surface area (Å²) < 4.78 is 70.0. The zero-order valence-corrected chi connectivity index (χ0v) is 11.3. The van der Waals surface area contributed by atoms with Gasteiger partial charge in [0.25, 0.3) is 6.43 Å². The summed E-state index contributed by atoms with van der Waals surface area (Å²) in [5, 5.41) is 0. The third-order valence-electron chi connectivity index (χ3n) is 2.35. The van der Waals surface area contributed by atoms with Gasteiger partial charge in [-0.25, -0.2) is 13.8 Å². The van der Waals surface area contributed by atoms with Gasteiger partial charge in [0.2, 0.25) is 5.88 Å². The molecular formula is C11H9ClF5NO3. The molecule has 1 rings (SSSR count). The smallest absolute Gasteiger partial charge is 0.469 e. The third kappa shape index (κ3) is 5.00. The highest BCUT2D eigenvalue weighted by Gasteiger charge is 2.33. The first kappa shape index (κ1) is 17.4. The van der Waals surface area contributed by atoms with Gasteiger partial charge < -0.3 is 9.47 Å². The highest BCUT2D eigenvalue weighted by Crippen LogP contribution is 2.31. The fraction of sp³-hybridized carbons (Fsp3) is 0.455. The fourth-order valence-corrected chi connectivity index (χ4v) is 1.82. The van der Waals surface area contributed by atoms with Gasteiger partial charge >= 0.3 is 12.3 Å². The summed E-state index contributed by atoms with van der Waals surface area (Å²) in [4.78, 5) is 14.3. The quantitative estimate of drug-likeness (QED) is 0.471. The summed E-state index contributed by atoms with van der Waals surface area (Å²) in [7, 11) is 1.05. The molecule has 0 amide bonds. The molecule has 1 aromatic heterocycles. The number of methoxy groups -OCH3 is 1. The Kier molecular flexibility index (Phi) is 5.70. The van der Waals surface area contributed by atoms with Gasteiger partial charge in [-0.3, -0.25) is 4.79 Å². The minimum atomic E-state index is -5.10. The second-order valence-electron chi connectivity index (χ2n) is 3.72. The second-order valence-corrected chi connectivity index (χ2v) is 3.99. The second kappa shape index (κ2) is 6.88. The number of pyridine rings is 1. The lowest BCUT2D eigenvalue weighted by Crippen LogP contribution is -2.19. The molecule has 0 saturated heterocycles. The van der Waals surface area contributed by atoms with Crippen LogP contribution in [0.4, 0.5) is 22.0 Å². The van der Waals surface area contributed by atoms with Crippen molar-refractivity contribution in [1.82, 2.24) is 4.98 Å². The normalized spacial score (nSPS) is 11.6. The van der Waals surface area contributed by atoms with Gasteiger partial charge in [-0.2, -0.15) is 0 Å². The van der Waals surface area contributed by atoms with Crippen LogP contribution in [0.2, 0.25) is 0 Å². The van der Waals surface area contributed by atoms with Gasteiger partial charge in [0, 0.05) is 11.9 Å². The lowest BCUT2D eigenvalue weighted by molar-refractivity contribution is -0.276. The Morgan fingerprint density at radius 3 is 2.48 bits per heavy atom. The Morgan fingerprint density at radius 2 is 2.05 bits per heavy atom. The van der Waals surface area contributed by atoms with Crippen LogP contribution in [-0.4, -0.2) is 24.4 Å². The zero-order chi connectivity index (χ0) is 16.2. The molecule has 1 aromatic rings. The number of rotatable bonds is 5. The first-order chi connectivity index (χ1) is 9.67. The minimum absolute atomic E-state index is 0.165. The van der Waals surface area contributed by atoms with Crippen molar-refractivity contribution in [2.45, 2.75) is 25.1 Å². The number of hydrogen-bond donors (Lipinski definition) is 0. The molecule has 0 aliphatic rings. The van der Waals surface area contributed by atoms with Gasteiger partial charge in [0.1, 0.15) is 5.69 Å². The summed E-state index contributed by atoms with van der Waals surface area (Å²) in [6, 6.07) is 0.730. The van der Waals surface area contributed by atoms with Gasteiger partial charge in [-0.15, -0.1) is 24.8 Å². The largest absolute Gasteiger partial charge is 0.574 e. The van der Waals surface area contributed by atoms with E-state index in [1.165, 1.54) is 0 Å². The highest BCUT2D eigenvalue weighted by molar-refractivity contribution is 6.17. The number of halogens is 6. The Bertz CT molecular complexity index is 521. The summed E-state index contributed by atoms with van der Waals surface area (Å²) in [5.74, 6) is -2.37. The van der Waals surface area contributed by atoms with Gasteiger partial charge in [0.15, 0.2) is 0 Å². The first-order valence-electron chi connectivity index (χ1n) is 5.37. The number of hydrogen-bond acceptors (Lipinski definition) is 4. The maximum absolute atomic E-state index is 12.9. The van der Waals surface area contributed by atoms with Gasteiger partial charge in [-0.05, 0) is 11.1 Å². The number of esters is 1. The van der Waals surface area contributed by atoms with Crippen LogP contribution in [0.1, 0.15) is 23.2 Å². The van der Waals surface area contributed by atoms with E-state index in [1.54, 1.807) is 0 Å². The average Bonchev–Trinajstić information content (AvgIpc) is 2.35. The molecule has 0 bridgehead atoms. The average molecular weight is 334 g/mol. The van der Waals surface area contributed by atoms with E-state index in [4.69, 9.17) is 11.6 Å². The van der Waals surface area contributed by atoms with E-state index in [0.717, 1.165) is 13.2 Å². The maximum atomic E-state index is 12.9. The van der Waals surface area contributed by atoms with Crippen molar-refractivity contribution < 1.29 is 36.2 Å². The molecule has 1 heterocycles. The molecular weight excluding hydrogens is 325 g/mol. The maximum Gasteiger partial charge on any atom is 0.574 e. The summed E-state index contributed by atoms with van der Waals surface area (Å²) in [6.45, 7) is 0. The van der Waals surface area contributed by atoms with Crippen molar-refractivity contribution >= 4 is 17.6 Å². The molecule has 0 radical (unpaired) electrons. The lowest BCUT2D eigenvalue weighted by atomic mass is 10.0. The number of nitrogens with zero attached hydrogens (tertiary/aromatic N) is 1. The SMILES string of the molecule is COC(=O)Cc1cc(OC(F)(F)F)nc(C(F)F)c1CCl. The van der Waals surface area contributed by atoms with Crippen molar-refractivity contribution in [3.8, 4) is 5.88 Å².